The van der Waals surface area contributed by atoms with E-state index in [1.165, 1.54) is 17.8 Å². The molecule has 1 aromatic rings. The monoisotopic (exact) mass is 388 g/mol. The summed E-state index contributed by atoms with van der Waals surface area (Å²) < 4.78 is 26.4. The van der Waals surface area contributed by atoms with Crippen LogP contribution in [0.2, 0.25) is 0 Å². The molecule has 3 rings (SSSR count). The smallest absolute Gasteiger partial charge is 0.154 e. The van der Waals surface area contributed by atoms with Crippen LogP contribution in [0.15, 0.2) is 27.7 Å². The Bertz CT molecular complexity index is 601. The summed E-state index contributed by atoms with van der Waals surface area (Å²) in [6.07, 6.45) is 0.803. The molecular formula is C15H18BrFN2O2S. The number of halogens is 2. The van der Waals surface area contributed by atoms with Crippen molar-refractivity contribution in [2.24, 2.45) is 16.6 Å². The molecule has 1 aromatic carbocycles. The first-order valence-electron chi connectivity index (χ1n) is 7.09. The lowest BCUT2D eigenvalue weighted by Gasteiger charge is -2.46. The van der Waals surface area contributed by atoms with Gasteiger partial charge in [-0.05, 0) is 24.6 Å². The van der Waals surface area contributed by atoms with Gasteiger partial charge in [-0.25, -0.2) is 9.38 Å². The summed E-state index contributed by atoms with van der Waals surface area (Å²) in [6, 6.07) is 4.93. The third-order valence-electron chi connectivity index (χ3n) is 4.25. The number of thioether (sulfide) groups is 1. The summed E-state index contributed by atoms with van der Waals surface area (Å²) in [4.78, 5) is 4.63. The topological polar surface area (TPSA) is 56.8 Å². The van der Waals surface area contributed by atoms with Crippen LogP contribution in [0.3, 0.4) is 0 Å². The number of aliphatic imine (C=N–C) groups is 1. The van der Waals surface area contributed by atoms with E-state index < -0.39 is 5.54 Å². The number of fused-ring (bicyclic) bond motifs is 1. The van der Waals surface area contributed by atoms with Crippen LogP contribution in [0, 0.1) is 11.7 Å². The normalized spacial score (nSPS) is 31.5. The van der Waals surface area contributed by atoms with Crippen molar-refractivity contribution in [1.29, 1.82) is 0 Å². The van der Waals surface area contributed by atoms with Crippen LogP contribution in [0.1, 0.15) is 12.0 Å². The molecule has 2 aliphatic rings. The van der Waals surface area contributed by atoms with E-state index in [9.17, 15) is 4.39 Å². The minimum Gasteiger partial charge on any atom is -0.382 e. The fourth-order valence-corrected chi connectivity index (χ4v) is 4.55. The zero-order valence-electron chi connectivity index (χ0n) is 12.2. The summed E-state index contributed by atoms with van der Waals surface area (Å²) in [5.41, 5.74) is 5.75. The summed E-state index contributed by atoms with van der Waals surface area (Å²) in [5, 5.41) is 0.490. The van der Waals surface area contributed by atoms with Crippen LogP contribution in [0.25, 0.3) is 0 Å². The van der Waals surface area contributed by atoms with Crippen molar-refractivity contribution in [3.63, 3.8) is 0 Å². The number of hydrogen-bond acceptors (Lipinski definition) is 5. The SMILES string of the molecule is COC[C@H]1C[C@H]2CSC(N)=N[C@@]2(c2cc(Br)ccc2F)CO1. The van der Waals surface area contributed by atoms with Gasteiger partial charge in [0.1, 0.15) is 11.4 Å². The lowest BCUT2D eigenvalue weighted by molar-refractivity contribution is -0.0837. The Kier molecular flexibility index (Phi) is 4.77. The number of hydrogen-bond donors (Lipinski definition) is 1. The summed E-state index contributed by atoms with van der Waals surface area (Å²) in [5.74, 6) is 0.707. The van der Waals surface area contributed by atoms with Crippen molar-refractivity contribution in [3.8, 4) is 0 Å². The summed E-state index contributed by atoms with van der Waals surface area (Å²) >= 11 is 4.94. The highest BCUT2D eigenvalue weighted by Crippen LogP contribution is 2.47. The average molecular weight is 389 g/mol. The van der Waals surface area contributed by atoms with E-state index >= 15 is 0 Å². The average Bonchev–Trinajstić information content (AvgIpc) is 2.50. The van der Waals surface area contributed by atoms with E-state index in [-0.39, 0.29) is 17.8 Å². The van der Waals surface area contributed by atoms with Crippen molar-refractivity contribution in [3.05, 3.63) is 34.1 Å². The molecule has 0 amide bonds. The van der Waals surface area contributed by atoms with E-state index in [1.54, 1.807) is 19.2 Å². The van der Waals surface area contributed by atoms with E-state index in [0.29, 0.717) is 23.9 Å². The number of methoxy groups -OCH3 is 1. The van der Waals surface area contributed by atoms with Crippen molar-refractivity contribution >= 4 is 32.9 Å². The van der Waals surface area contributed by atoms with Crippen LogP contribution in [0.4, 0.5) is 4.39 Å². The number of benzene rings is 1. The number of ether oxygens (including phenoxy) is 2. The van der Waals surface area contributed by atoms with Crippen molar-refractivity contribution < 1.29 is 13.9 Å². The molecule has 0 aliphatic carbocycles. The number of nitrogens with two attached hydrogens (primary N) is 1. The second-order valence-electron chi connectivity index (χ2n) is 5.63. The molecule has 0 aromatic heterocycles. The maximum absolute atomic E-state index is 14.5. The maximum atomic E-state index is 14.5. The van der Waals surface area contributed by atoms with Gasteiger partial charge in [0.15, 0.2) is 5.17 Å². The first kappa shape index (κ1) is 16.2. The largest absolute Gasteiger partial charge is 0.382 e. The number of nitrogens with zero attached hydrogens (tertiary/aromatic N) is 1. The van der Waals surface area contributed by atoms with Crippen molar-refractivity contribution in [2.75, 3.05) is 26.1 Å². The van der Waals surface area contributed by atoms with Crippen molar-refractivity contribution in [1.82, 2.24) is 0 Å². The van der Waals surface area contributed by atoms with E-state index in [2.05, 4.69) is 20.9 Å². The van der Waals surface area contributed by atoms with Gasteiger partial charge in [-0.1, -0.05) is 27.7 Å². The molecule has 7 heteroatoms. The number of rotatable bonds is 3. The Labute approximate surface area is 141 Å². The summed E-state index contributed by atoms with van der Waals surface area (Å²) in [7, 11) is 1.66. The molecule has 0 bridgehead atoms. The second-order valence-corrected chi connectivity index (χ2v) is 7.59. The van der Waals surface area contributed by atoms with Crippen LogP contribution in [-0.2, 0) is 15.0 Å². The fourth-order valence-electron chi connectivity index (χ4n) is 3.18. The second kappa shape index (κ2) is 6.47. The predicted octanol–water partition coefficient (Wildman–Crippen LogP) is 2.90. The quantitative estimate of drug-likeness (QED) is 0.864. The highest BCUT2D eigenvalue weighted by Gasteiger charge is 2.49. The number of amidine groups is 1. The van der Waals surface area contributed by atoms with Gasteiger partial charge in [-0.3, -0.25) is 0 Å². The van der Waals surface area contributed by atoms with Gasteiger partial charge in [0.05, 0.1) is 19.3 Å². The standard InChI is InChI=1S/C15H18BrFN2O2S/c1-20-6-11-4-9-7-22-14(18)19-15(9,8-21-11)12-5-10(16)2-3-13(12)17/h2-3,5,9,11H,4,6-8H2,1H3,(H2,18,19)/t9-,11+,15-/m0/s1. The van der Waals surface area contributed by atoms with Gasteiger partial charge >= 0.3 is 0 Å². The lowest BCUT2D eigenvalue weighted by Crippen LogP contribution is -2.51. The zero-order valence-corrected chi connectivity index (χ0v) is 14.6. The molecule has 3 atom stereocenters. The lowest BCUT2D eigenvalue weighted by atomic mass is 9.75. The molecule has 4 nitrogen and oxygen atoms in total. The van der Waals surface area contributed by atoms with Crippen LogP contribution in [-0.4, -0.2) is 37.3 Å². The molecule has 1 saturated heterocycles. The molecule has 2 N–H and O–H groups in total. The van der Waals surface area contributed by atoms with Gasteiger partial charge in [0.2, 0.25) is 0 Å². The van der Waals surface area contributed by atoms with Gasteiger partial charge < -0.3 is 15.2 Å². The van der Waals surface area contributed by atoms with Crippen molar-refractivity contribution in [2.45, 2.75) is 18.1 Å². The fraction of sp³-hybridized carbons (Fsp3) is 0.533. The molecule has 1 fully saturated rings. The molecule has 0 radical (unpaired) electrons. The third kappa shape index (κ3) is 2.91. The third-order valence-corrected chi connectivity index (χ3v) is 5.70. The van der Waals surface area contributed by atoms with Gasteiger partial charge in [0, 0.05) is 28.8 Å². The molecule has 0 unspecified atom stereocenters. The zero-order chi connectivity index (χ0) is 15.7. The first-order chi connectivity index (χ1) is 10.5. The molecule has 22 heavy (non-hydrogen) atoms. The Morgan fingerprint density at radius 2 is 2.41 bits per heavy atom. The highest BCUT2D eigenvalue weighted by atomic mass is 79.9. The minimum absolute atomic E-state index is 0.0217. The first-order valence-corrected chi connectivity index (χ1v) is 8.87. The molecule has 2 heterocycles. The van der Waals surface area contributed by atoms with Crippen LogP contribution in [0.5, 0.6) is 0 Å². The van der Waals surface area contributed by atoms with Gasteiger partial charge in [-0.2, -0.15) is 0 Å². The van der Waals surface area contributed by atoms with E-state index in [4.69, 9.17) is 15.2 Å². The van der Waals surface area contributed by atoms with E-state index in [1.807, 2.05) is 0 Å². The molecule has 0 saturated carbocycles. The predicted molar refractivity (Wildman–Crippen MR) is 89.6 cm³/mol. The van der Waals surface area contributed by atoms with Crippen LogP contribution < -0.4 is 5.73 Å². The maximum Gasteiger partial charge on any atom is 0.154 e. The van der Waals surface area contributed by atoms with Crippen LogP contribution >= 0.6 is 27.7 Å². The van der Waals surface area contributed by atoms with E-state index in [0.717, 1.165) is 16.6 Å². The highest BCUT2D eigenvalue weighted by molar-refractivity contribution is 9.10. The Hall–Kier alpha value is -0.630. The Morgan fingerprint density at radius 1 is 1.59 bits per heavy atom. The molecule has 120 valence electrons. The minimum atomic E-state index is -0.743. The Morgan fingerprint density at radius 3 is 3.18 bits per heavy atom. The molecule has 2 aliphatic heterocycles. The summed E-state index contributed by atoms with van der Waals surface area (Å²) in [6.45, 7) is 0.859. The molecule has 0 spiro atoms. The van der Waals surface area contributed by atoms with Gasteiger partial charge in [-0.15, -0.1) is 0 Å². The Balaban J connectivity index is 2.03. The molecular weight excluding hydrogens is 371 g/mol. The van der Waals surface area contributed by atoms with Gasteiger partial charge in [0.25, 0.3) is 0 Å².